The molecule has 0 atom stereocenters. The summed E-state index contributed by atoms with van der Waals surface area (Å²) < 4.78 is 7.50. The van der Waals surface area contributed by atoms with E-state index >= 15 is 0 Å². The van der Waals surface area contributed by atoms with E-state index in [2.05, 4.69) is 10.00 Å². The third-order valence-electron chi connectivity index (χ3n) is 3.70. The highest BCUT2D eigenvalue weighted by Gasteiger charge is 2.10. The summed E-state index contributed by atoms with van der Waals surface area (Å²) in [5.74, 6) is 0.850. The Morgan fingerprint density at radius 2 is 2.04 bits per heavy atom. The van der Waals surface area contributed by atoms with E-state index in [0.29, 0.717) is 13.3 Å². The lowest BCUT2D eigenvalue weighted by atomic mass is 10.2. The molecular weight excluding hydrogens is 308 g/mol. The van der Waals surface area contributed by atoms with Crippen LogP contribution in [-0.4, -0.2) is 39.8 Å². The van der Waals surface area contributed by atoms with Crippen molar-refractivity contribution in [3.8, 4) is 5.75 Å². The van der Waals surface area contributed by atoms with Gasteiger partial charge in [-0.2, -0.15) is 5.10 Å². The van der Waals surface area contributed by atoms with Crippen molar-refractivity contribution in [1.82, 2.24) is 14.7 Å². The predicted octanol–water partition coefficient (Wildman–Crippen LogP) is 2.91. The molecule has 0 aliphatic rings. The van der Waals surface area contributed by atoms with Gasteiger partial charge >= 0.3 is 0 Å². The number of nitro groups is 1. The molecule has 0 aliphatic heterocycles. The fourth-order valence-corrected chi connectivity index (χ4v) is 2.44. The number of fused-ring (bicyclic) bond motifs is 1. The Morgan fingerprint density at radius 3 is 2.79 bits per heavy atom. The van der Waals surface area contributed by atoms with Gasteiger partial charge in [-0.15, -0.1) is 0 Å². The maximum absolute atomic E-state index is 10.8. The smallest absolute Gasteiger partial charge is 0.270 e. The molecule has 1 aromatic heterocycles. The van der Waals surface area contributed by atoms with E-state index in [1.165, 1.54) is 12.1 Å². The maximum atomic E-state index is 10.8. The lowest BCUT2D eigenvalue weighted by Gasteiger charge is -2.17. The van der Waals surface area contributed by atoms with Crippen molar-refractivity contribution in [3.05, 3.63) is 64.8 Å². The predicted molar refractivity (Wildman–Crippen MR) is 91.0 cm³/mol. The van der Waals surface area contributed by atoms with E-state index < -0.39 is 4.92 Å². The number of non-ortho nitro benzene ring substituents is 1. The molecular formula is C17H18N4O3. The molecule has 3 rings (SSSR count). The Hall–Kier alpha value is -2.93. The van der Waals surface area contributed by atoms with E-state index in [9.17, 15) is 10.1 Å². The number of likely N-dealkylation sites (N-methyl/N-ethyl adjacent to an activating group) is 1. The third kappa shape index (κ3) is 3.69. The molecule has 0 amide bonds. The normalized spacial score (nSPS) is 11.1. The van der Waals surface area contributed by atoms with Crippen molar-refractivity contribution in [2.45, 2.75) is 6.67 Å². The number of rotatable bonds is 7. The quantitative estimate of drug-likeness (QED) is 0.493. The number of nitrogens with zero attached hydrogens (tertiary/aromatic N) is 4. The molecule has 7 nitrogen and oxygen atoms in total. The monoisotopic (exact) mass is 326 g/mol. The average Bonchev–Trinajstić information content (AvgIpc) is 2.98. The largest absolute Gasteiger partial charge is 0.492 e. The SMILES string of the molecule is CN(CCOc1ccccc1)Cn1ncc2cc([N+](=O)[O-])ccc21. The number of hydrogen-bond donors (Lipinski definition) is 0. The van der Waals surface area contributed by atoms with Crippen LogP contribution in [0.4, 0.5) is 5.69 Å². The van der Waals surface area contributed by atoms with Crippen molar-refractivity contribution in [2.75, 3.05) is 20.2 Å². The van der Waals surface area contributed by atoms with Gasteiger partial charge in [-0.05, 0) is 25.2 Å². The highest BCUT2D eigenvalue weighted by atomic mass is 16.6. The molecule has 1 heterocycles. The Balaban J connectivity index is 1.59. The highest BCUT2D eigenvalue weighted by Crippen LogP contribution is 2.20. The molecule has 7 heteroatoms. The number of hydrogen-bond acceptors (Lipinski definition) is 5. The van der Waals surface area contributed by atoms with Crippen LogP contribution in [0.3, 0.4) is 0 Å². The molecule has 0 fully saturated rings. The van der Waals surface area contributed by atoms with Gasteiger partial charge in [0, 0.05) is 24.1 Å². The minimum absolute atomic E-state index is 0.0756. The Morgan fingerprint density at radius 1 is 1.25 bits per heavy atom. The summed E-state index contributed by atoms with van der Waals surface area (Å²) >= 11 is 0. The summed E-state index contributed by atoms with van der Waals surface area (Å²) in [5, 5.41) is 15.9. The number of benzene rings is 2. The summed E-state index contributed by atoms with van der Waals surface area (Å²) in [7, 11) is 1.98. The number of ether oxygens (including phenoxy) is 1. The van der Waals surface area contributed by atoms with Gasteiger partial charge < -0.3 is 4.74 Å². The van der Waals surface area contributed by atoms with Crippen molar-refractivity contribution in [3.63, 3.8) is 0 Å². The second kappa shape index (κ2) is 7.10. The van der Waals surface area contributed by atoms with Crippen molar-refractivity contribution < 1.29 is 9.66 Å². The zero-order valence-corrected chi connectivity index (χ0v) is 13.3. The summed E-state index contributed by atoms with van der Waals surface area (Å²) in [5.41, 5.74) is 0.947. The van der Waals surface area contributed by atoms with E-state index in [1.54, 1.807) is 12.3 Å². The molecule has 0 N–H and O–H groups in total. The van der Waals surface area contributed by atoms with Crippen LogP contribution >= 0.6 is 0 Å². The molecule has 0 saturated heterocycles. The van der Waals surface area contributed by atoms with Crippen molar-refractivity contribution >= 4 is 16.6 Å². The Bertz CT molecular complexity index is 832. The van der Waals surface area contributed by atoms with Crippen LogP contribution in [0.5, 0.6) is 5.75 Å². The zero-order chi connectivity index (χ0) is 16.9. The van der Waals surface area contributed by atoms with Crippen LogP contribution in [0, 0.1) is 10.1 Å². The molecule has 3 aromatic rings. The van der Waals surface area contributed by atoms with Gasteiger partial charge in [0.15, 0.2) is 0 Å². The van der Waals surface area contributed by atoms with Crippen LogP contribution in [0.2, 0.25) is 0 Å². The maximum Gasteiger partial charge on any atom is 0.270 e. The minimum atomic E-state index is -0.399. The first kappa shape index (κ1) is 15.9. The number of aromatic nitrogens is 2. The molecule has 124 valence electrons. The van der Waals surface area contributed by atoms with Gasteiger partial charge in [0.25, 0.3) is 5.69 Å². The van der Waals surface area contributed by atoms with Gasteiger partial charge in [-0.1, -0.05) is 18.2 Å². The average molecular weight is 326 g/mol. The van der Waals surface area contributed by atoms with Gasteiger partial charge in [0.05, 0.1) is 23.3 Å². The second-order valence-corrected chi connectivity index (χ2v) is 5.53. The first-order chi connectivity index (χ1) is 11.6. The molecule has 0 aliphatic carbocycles. The fourth-order valence-electron chi connectivity index (χ4n) is 2.44. The first-order valence-corrected chi connectivity index (χ1v) is 7.60. The van der Waals surface area contributed by atoms with Crippen LogP contribution < -0.4 is 4.74 Å². The van der Waals surface area contributed by atoms with Crippen LogP contribution in [-0.2, 0) is 6.67 Å². The second-order valence-electron chi connectivity index (χ2n) is 5.53. The molecule has 0 spiro atoms. The lowest BCUT2D eigenvalue weighted by Crippen LogP contribution is -2.27. The molecule has 2 aromatic carbocycles. The topological polar surface area (TPSA) is 73.4 Å². The molecule has 0 radical (unpaired) electrons. The first-order valence-electron chi connectivity index (χ1n) is 7.60. The van der Waals surface area contributed by atoms with E-state index in [0.717, 1.165) is 23.2 Å². The van der Waals surface area contributed by atoms with E-state index in [4.69, 9.17) is 4.74 Å². The van der Waals surface area contributed by atoms with Gasteiger partial charge in [-0.3, -0.25) is 19.7 Å². The van der Waals surface area contributed by atoms with Crippen LogP contribution in [0.25, 0.3) is 10.9 Å². The number of nitro benzene ring substituents is 1. The van der Waals surface area contributed by atoms with Gasteiger partial charge in [-0.25, -0.2) is 0 Å². The fraction of sp³-hybridized carbons (Fsp3) is 0.235. The molecule has 0 saturated carbocycles. The van der Waals surface area contributed by atoms with Crippen molar-refractivity contribution in [2.24, 2.45) is 0 Å². The highest BCUT2D eigenvalue weighted by molar-refractivity contribution is 5.81. The molecule has 24 heavy (non-hydrogen) atoms. The van der Waals surface area contributed by atoms with Crippen molar-refractivity contribution in [1.29, 1.82) is 0 Å². The standard InChI is InChI=1S/C17H18N4O3/c1-19(9-10-24-16-5-3-2-4-6-16)13-20-17-8-7-15(21(22)23)11-14(17)12-18-20/h2-8,11-12H,9-10,13H2,1H3. The minimum Gasteiger partial charge on any atom is -0.492 e. The third-order valence-corrected chi connectivity index (χ3v) is 3.70. The Kier molecular flexibility index (Phi) is 4.72. The van der Waals surface area contributed by atoms with E-state index in [-0.39, 0.29) is 5.69 Å². The lowest BCUT2D eigenvalue weighted by molar-refractivity contribution is -0.384. The van der Waals surface area contributed by atoms with Gasteiger partial charge in [0.1, 0.15) is 12.4 Å². The molecule has 0 unspecified atom stereocenters. The summed E-state index contributed by atoms with van der Waals surface area (Å²) in [6, 6.07) is 14.4. The van der Waals surface area contributed by atoms with Gasteiger partial charge in [0.2, 0.25) is 0 Å². The Labute approximate surface area is 139 Å². The zero-order valence-electron chi connectivity index (χ0n) is 13.3. The van der Waals surface area contributed by atoms with E-state index in [1.807, 2.05) is 42.1 Å². The molecule has 0 bridgehead atoms. The van der Waals surface area contributed by atoms with Crippen LogP contribution in [0.15, 0.2) is 54.7 Å². The number of para-hydroxylation sites is 1. The van der Waals surface area contributed by atoms with Crippen LogP contribution in [0.1, 0.15) is 0 Å². The summed E-state index contributed by atoms with van der Waals surface area (Å²) in [6.07, 6.45) is 1.65. The summed E-state index contributed by atoms with van der Waals surface area (Å²) in [6.45, 7) is 1.90. The summed E-state index contributed by atoms with van der Waals surface area (Å²) in [4.78, 5) is 12.5.